The Kier molecular flexibility index (Phi) is 6.09. The molecule has 0 saturated heterocycles. The van der Waals surface area contributed by atoms with E-state index in [2.05, 4.69) is 4.90 Å². The number of hydrogen-bond acceptors (Lipinski definition) is 3. The van der Waals surface area contributed by atoms with Gasteiger partial charge < -0.3 is 9.84 Å². The number of aliphatic carboxylic acids is 1. The lowest BCUT2D eigenvalue weighted by Crippen LogP contribution is -2.15. The number of halogens is 2. The molecule has 0 saturated carbocycles. The van der Waals surface area contributed by atoms with Crippen molar-refractivity contribution in [1.29, 1.82) is 0 Å². The van der Waals surface area contributed by atoms with Crippen LogP contribution in [0.1, 0.15) is 50.9 Å². The molecule has 2 heterocycles. The molecule has 0 radical (unpaired) electrons. The van der Waals surface area contributed by atoms with Crippen LogP contribution in [0, 0.1) is 32.4 Å². The Labute approximate surface area is 204 Å². The number of carboxylic acids is 1. The summed E-state index contributed by atoms with van der Waals surface area (Å²) in [5.41, 5.74) is 9.22. The monoisotopic (exact) mass is 477 g/mol. The zero-order chi connectivity index (χ0) is 24.9. The standard InChI is InChI=1S/C29H29F2NO3/c1-16-21-8-5-9-35-29(21)26(31)11-22(16)28-18(3)25-15-32(13-19-6-4-7-20(30)10-19)14-24(25)17(2)23(28)12-27(33)34/h4,6-7,10-11H,5,8-9,12-15H2,1-3H3,(H,33,34). The Morgan fingerprint density at radius 1 is 1.03 bits per heavy atom. The van der Waals surface area contributed by atoms with Crippen LogP contribution in [0.2, 0.25) is 0 Å². The lowest BCUT2D eigenvalue weighted by atomic mass is 9.81. The molecular weight excluding hydrogens is 448 g/mol. The first-order chi connectivity index (χ1) is 16.7. The van der Waals surface area contributed by atoms with Crippen LogP contribution >= 0.6 is 0 Å². The van der Waals surface area contributed by atoms with Crippen LogP contribution in [0.25, 0.3) is 11.1 Å². The summed E-state index contributed by atoms with van der Waals surface area (Å²) >= 11 is 0. The molecule has 0 aliphatic carbocycles. The molecule has 3 aromatic carbocycles. The van der Waals surface area contributed by atoms with Gasteiger partial charge in [0.1, 0.15) is 5.82 Å². The average Bonchev–Trinajstić information content (AvgIpc) is 3.24. The maximum absolute atomic E-state index is 15.2. The van der Waals surface area contributed by atoms with E-state index in [1.165, 1.54) is 12.1 Å². The molecule has 6 heteroatoms. The van der Waals surface area contributed by atoms with Crippen LogP contribution in [-0.4, -0.2) is 22.6 Å². The first-order valence-corrected chi connectivity index (χ1v) is 12.0. The minimum Gasteiger partial charge on any atom is -0.490 e. The van der Waals surface area contributed by atoms with Crippen molar-refractivity contribution in [3.8, 4) is 16.9 Å². The van der Waals surface area contributed by atoms with Gasteiger partial charge in [0.2, 0.25) is 0 Å². The highest BCUT2D eigenvalue weighted by Crippen LogP contribution is 2.44. The Morgan fingerprint density at radius 3 is 2.49 bits per heavy atom. The molecule has 2 aliphatic heterocycles. The number of nitrogens with zero attached hydrogens (tertiary/aromatic N) is 1. The van der Waals surface area contributed by atoms with Crippen LogP contribution < -0.4 is 4.74 Å². The molecule has 0 atom stereocenters. The summed E-state index contributed by atoms with van der Waals surface area (Å²) < 4.78 is 34.5. The van der Waals surface area contributed by atoms with Crippen molar-refractivity contribution >= 4 is 5.97 Å². The number of hydrogen-bond donors (Lipinski definition) is 1. The van der Waals surface area contributed by atoms with Crippen molar-refractivity contribution in [3.05, 3.63) is 86.5 Å². The van der Waals surface area contributed by atoms with Gasteiger partial charge in [-0.05, 0) is 102 Å². The molecule has 1 N–H and O–H groups in total. The quantitative estimate of drug-likeness (QED) is 0.488. The summed E-state index contributed by atoms with van der Waals surface area (Å²) in [5, 5.41) is 9.75. The molecule has 182 valence electrons. The molecule has 4 nitrogen and oxygen atoms in total. The first kappa shape index (κ1) is 23.5. The molecule has 0 spiro atoms. The third-order valence-electron chi connectivity index (χ3n) is 7.49. The fourth-order valence-electron chi connectivity index (χ4n) is 5.79. The summed E-state index contributed by atoms with van der Waals surface area (Å²) in [6.45, 7) is 8.40. The summed E-state index contributed by atoms with van der Waals surface area (Å²) in [6.07, 6.45) is 1.44. The Bertz CT molecular complexity index is 1350. The predicted octanol–water partition coefficient (Wildman–Crippen LogP) is 6.02. The summed E-state index contributed by atoms with van der Waals surface area (Å²) in [5.74, 6) is -1.24. The van der Waals surface area contributed by atoms with Gasteiger partial charge in [0.15, 0.2) is 11.6 Å². The van der Waals surface area contributed by atoms with E-state index < -0.39 is 11.8 Å². The van der Waals surface area contributed by atoms with Gasteiger partial charge in [0, 0.05) is 25.2 Å². The number of carbonyl (C=O) groups is 1. The molecule has 0 bridgehead atoms. The molecule has 0 aromatic heterocycles. The normalized spacial score (nSPS) is 15.0. The van der Waals surface area contributed by atoms with Crippen molar-refractivity contribution < 1.29 is 23.4 Å². The number of benzene rings is 3. The van der Waals surface area contributed by atoms with Gasteiger partial charge in [-0.15, -0.1) is 0 Å². The lowest BCUT2D eigenvalue weighted by Gasteiger charge is -2.25. The Hall–Kier alpha value is -3.25. The zero-order valence-electron chi connectivity index (χ0n) is 20.3. The van der Waals surface area contributed by atoms with E-state index in [0.717, 1.165) is 68.5 Å². The number of fused-ring (bicyclic) bond motifs is 2. The second-order valence-corrected chi connectivity index (χ2v) is 9.70. The summed E-state index contributed by atoms with van der Waals surface area (Å²) in [6, 6.07) is 8.12. The van der Waals surface area contributed by atoms with Gasteiger partial charge >= 0.3 is 5.97 Å². The average molecular weight is 478 g/mol. The molecular formula is C29H29F2NO3. The van der Waals surface area contributed by atoms with Crippen LogP contribution in [0.5, 0.6) is 5.75 Å². The Balaban J connectivity index is 1.63. The molecule has 2 aliphatic rings. The smallest absolute Gasteiger partial charge is 0.307 e. The van der Waals surface area contributed by atoms with Crippen molar-refractivity contribution in [2.45, 2.75) is 59.7 Å². The number of carboxylic acid groups (broad SMARTS) is 1. The fourth-order valence-corrected chi connectivity index (χ4v) is 5.79. The van der Waals surface area contributed by atoms with Gasteiger partial charge in [0.25, 0.3) is 0 Å². The second-order valence-electron chi connectivity index (χ2n) is 9.70. The van der Waals surface area contributed by atoms with Gasteiger partial charge in [-0.3, -0.25) is 9.69 Å². The highest BCUT2D eigenvalue weighted by molar-refractivity contribution is 5.83. The highest BCUT2D eigenvalue weighted by atomic mass is 19.1. The van der Waals surface area contributed by atoms with Crippen molar-refractivity contribution in [2.24, 2.45) is 0 Å². The molecule has 3 aromatic rings. The van der Waals surface area contributed by atoms with E-state index in [0.29, 0.717) is 32.0 Å². The SMILES string of the molecule is Cc1c(-c2c(C)c3c(c(C)c2CC(=O)O)CN(Cc2cccc(F)c2)C3)cc(F)c2c1CCCO2. The van der Waals surface area contributed by atoms with E-state index >= 15 is 4.39 Å². The van der Waals surface area contributed by atoms with E-state index in [4.69, 9.17) is 4.74 Å². The number of ether oxygens (including phenoxy) is 1. The fraction of sp³-hybridized carbons (Fsp3) is 0.345. The molecule has 0 fully saturated rings. The van der Waals surface area contributed by atoms with Crippen molar-refractivity contribution in [3.63, 3.8) is 0 Å². The summed E-state index contributed by atoms with van der Waals surface area (Å²) in [4.78, 5) is 14.1. The molecule has 5 rings (SSSR count). The third-order valence-corrected chi connectivity index (χ3v) is 7.49. The number of rotatable bonds is 5. The van der Waals surface area contributed by atoms with Gasteiger partial charge in [-0.2, -0.15) is 0 Å². The van der Waals surface area contributed by atoms with Gasteiger partial charge in [0.05, 0.1) is 13.0 Å². The van der Waals surface area contributed by atoms with E-state index in [1.807, 2.05) is 26.8 Å². The van der Waals surface area contributed by atoms with Crippen molar-refractivity contribution in [1.82, 2.24) is 4.90 Å². The Morgan fingerprint density at radius 2 is 1.77 bits per heavy atom. The van der Waals surface area contributed by atoms with Gasteiger partial charge in [-0.25, -0.2) is 8.78 Å². The van der Waals surface area contributed by atoms with Crippen LogP contribution in [0.15, 0.2) is 30.3 Å². The highest BCUT2D eigenvalue weighted by Gasteiger charge is 2.30. The minimum absolute atomic E-state index is 0.131. The predicted molar refractivity (Wildman–Crippen MR) is 131 cm³/mol. The first-order valence-electron chi connectivity index (χ1n) is 12.0. The maximum Gasteiger partial charge on any atom is 0.307 e. The van der Waals surface area contributed by atoms with Crippen LogP contribution in [0.4, 0.5) is 8.78 Å². The maximum atomic E-state index is 15.2. The van der Waals surface area contributed by atoms with Crippen molar-refractivity contribution in [2.75, 3.05) is 6.61 Å². The molecule has 0 unspecified atom stereocenters. The van der Waals surface area contributed by atoms with Gasteiger partial charge in [-0.1, -0.05) is 12.1 Å². The summed E-state index contributed by atoms with van der Waals surface area (Å²) in [7, 11) is 0. The molecule has 35 heavy (non-hydrogen) atoms. The minimum atomic E-state index is -0.914. The topological polar surface area (TPSA) is 49.8 Å². The van der Waals surface area contributed by atoms with Crippen LogP contribution in [0.3, 0.4) is 0 Å². The largest absolute Gasteiger partial charge is 0.490 e. The van der Waals surface area contributed by atoms with Crippen LogP contribution in [-0.2, 0) is 37.3 Å². The lowest BCUT2D eigenvalue weighted by molar-refractivity contribution is -0.136. The van der Waals surface area contributed by atoms with E-state index in [-0.39, 0.29) is 12.2 Å². The third kappa shape index (κ3) is 4.20. The molecule has 0 amide bonds. The van der Waals surface area contributed by atoms with E-state index in [1.54, 1.807) is 12.1 Å². The zero-order valence-corrected chi connectivity index (χ0v) is 20.3. The second kappa shape index (κ2) is 9.08. The van der Waals surface area contributed by atoms with E-state index in [9.17, 15) is 14.3 Å².